The number of nitrogens with one attached hydrogen (secondary N) is 2. The monoisotopic (exact) mass is 498 g/mol. The number of rotatable bonds is 9. The molecule has 1 atom stereocenters. The van der Waals surface area contributed by atoms with Crippen molar-refractivity contribution in [3.05, 3.63) is 87.4 Å². The number of hydrogen-bond acceptors (Lipinski definition) is 5. The quantitative estimate of drug-likeness (QED) is 0.357. The first-order chi connectivity index (χ1) is 16.1. The van der Waals surface area contributed by atoms with Crippen molar-refractivity contribution in [2.24, 2.45) is 5.92 Å². The first-order valence-electron chi connectivity index (χ1n) is 10.8. The third-order valence-corrected chi connectivity index (χ3v) is 6.99. The van der Waals surface area contributed by atoms with Gasteiger partial charge in [0.25, 0.3) is 5.91 Å². The molecule has 1 unspecified atom stereocenters. The second-order valence-corrected chi connectivity index (χ2v) is 9.62. The summed E-state index contributed by atoms with van der Waals surface area (Å²) in [4.78, 5) is 23.1. The van der Waals surface area contributed by atoms with Gasteiger partial charge in [-0.1, -0.05) is 53.6 Å². The maximum Gasteiger partial charge on any atom is 0.261 e. The number of nitrogens with zero attached hydrogens (tertiary/aromatic N) is 2. The highest BCUT2D eigenvalue weighted by atomic mass is 35.5. The van der Waals surface area contributed by atoms with Crippen molar-refractivity contribution in [1.29, 1.82) is 0 Å². The molecule has 1 aliphatic rings. The zero-order chi connectivity index (χ0) is 23.0. The molecule has 8 heteroatoms. The van der Waals surface area contributed by atoms with E-state index in [4.69, 9.17) is 23.2 Å². The Balaban J connectivity index is 1.29. The van der Waals surface area contributed by atoms with Gasteiger partial charge in [-0.25, -0.2) is 9.97 Å². The van der Waals surface area contributed by atoms with E-state index < -0.39 is 0 Å². The van der Waals surface area contributed by atoms with Crippen LogP contribution in [0, 0.1) is 5.92 Å². The lowest BCUT2D eigenvalue weighted by Crippen LogP contribution is -2.24. The van der Waals surface area contributed by atoms with Crippen LogP contribution >= 0.6 is 34.5 Å². The summed E-state index contributed by atoms with van der Waals surface area (Å²) in [5, 5.41) is 7.46. The largest absolute Gasteiger partial charge is 0.354 e. The molecule has 0 radical (unpaired) electrons. The highest BCUT2D eigenvalue weighted by Gasteiger charge is 2.12. The normalized spacial score (nSPS) is 14.9. The standard InChI is InChI=1S/C25H24Cl2N4OS/c26-19-7-6-18(20(27)16-19)11-14-28-24(32)23-9-8-22(33-23)21-12-15-30-25(31-21)29-13-10-17-4-2-1-3-5-17/h1-4,6-9,12,15-17H,5,10-11,13-14H2,(H,28,32)(H,29,30,31). The molecule has 0 spiro atoms. The van der Waals surface area contributed by atoms with E-state index in [0.717, 1.165) is 35.5 Å². The minimum Gasteiger partial charge on any atom is -0.354 e. The summed E-state index contributed by atoms with van der Waals surface area (Å²) in [5.74, 6) is 1.04. The highest BCUT2D eigenvalue weighted by molar-refractivity contribution is 7.17. The molecule has 2 aromatic heterocycles. The molecular formula is C25H24Cl2N4OS. The van der Waals surface area contributed by atoms with Gasteiger partial charge in [-0.15, -0.1) is 11.3 Å². The van der Waals surface area contributed by atoms with Gasteiger partial charge in [0.2, 0.25) is 5.95 Å². The topological polar surface area (TPSA) is 66.9 Å². The van der Waals surface area contributed by atoms with Gasteiger partial charge in [-0.2, -0.15) is 0 Å². The third-order valence-electron chi connectivity index (χ3n) is 5.30. The fourth-order valence-corrected chi connectivity index (χ4v) is 4.91. The minimum absolute atomic E-state index is 0.113. The van der Waals surface area contributed by atoms with Gasteiger partial charge in [-0.3, -0.25) is 4.79 Å². The van der Waals surface area contributed by atoms with Crippen molar-refractivity contribution in [1.82, 2.24) is 15.3 Å². The van der Waals surface area contributed by atoms with Gasteiger partial charge in [0.1, 0.15) is 0 Å². The van der Waals surface area contributed by atoms with Crippen LogP contribution in [0.1, 0.15) is 28.1 Å². The van der Waals surface area contributed by atoms with Crippen LogP contribution in [0.5, 0.6) is 0 Å². The molecule has 1 aliphatic carbocycles. The van der Waals surface area contributed by atoms with Gasteiger partial charge in [0.05, 0.1) is 15.4 Å². The number of thiophene rings is 1. The highest BCUT2D eigenvalue weighted by Crippen LogP contribution is 2.27. The van der Waals surface area contributed by atoms with Crippen LogP contribution < -0.4 is 10.6 Å². The molecule has 2 N–H and O–H groups in total. The zero-order valence-corrected chi connectivity index (χ0v) is 20.3. The average Bonchev–Trinajstić information content (AvgIpc) is 3.32. The number of benzene rings is 1. The molecule has 5 nitrogen and oxygen atoms in total. The van der Waals surface area contributed by atoms with Gasteiger partial charge >= 0.3 is 0 Å². The van der Waals surface area contributed by atoms with Crippen LogP contribution in [0.3, 0.4) is 0 Å². The summed E-state index contributed by atoms with van der Waals surface area (Å²) in [6.07, 6.45) is 13.1. The predicted octanol–water partition coefficient (Wildman–Crippen LogP) is 6.42. The average molecular weight is 499 g/mol. The third kappa shape index (κ3) is 6.67. The molecular weight excluding hydrogens is 475 g/mol. The van der Waals surface area contributed by atoms with E-state index in [-0.39, 0.29) is 5.91 Å². The zero-order valence-electron chi connectivity index (χ0n) is 17.9. The lowest BCUT2D eigenvalue weighted by Gasteiger charge is -2.13. The van der Waals surface area contributed by atoms with Crippen LogP contribution in [0.15, 0.2) is 66.9 Å². The number of allylic oxidation sites excluding steroid dienone is 4. The molecule has 1 amide bonds. The predicted molar refractivity (Wildman–Crippen MR) is 137 cm³/mol. The van der Waals surface area contributed by atoms with Crippen molar-refractivity contribution in [2.45, 2.75) is 19.3 Å². The maximum absolute atomic E-state index is 12.6. The molecule has 0 bridgehead atoms. The fraction of sp³-hybridized carbons (Fsp3) is 0.240. The van der Waals surface area contributed by atoms with Gasteiger partial charge in [0.15, 0.2) is 0 Å². The first kappa shape index (κ1) is 23.5. The van der Waals surface area contributed by atoms with Gasteiger partial charge in [-0.05, 0) is 61.1 Å². The summed E-state index contributed by atoms with van der Waals surface area (Å²) in [7, 11) is 0. The number of amides is 1. The summed E-state index contributed by atoms with van der Waals surface area (Å²) < 4.78 is 0. The van der Waals surface area contributed by atoms with E-state index in [9.17, 15) is 4.79 Å². The van der Waals surface area contributed by atoms with E-state index >= 15 is 0 Å². The molecule has 3 aromatic rings. The second kappa shape index (κ2) is 11.5. The molecule has 0 saturated heterocycles. The fourth-order valence-electron chi connectivity index (χ4n) is 3.52. The second-order valence-electron chi connectivity index (χ2n) is 7.70. The smallest absolute Gasteiger partial charge is 0.261 e. The van der Waals surface area contributed by atoms with Crippen molar-refractivity contribution in [2.75, 3.05) is 18.4 Å². The molecule has 0 saturated carbocycles. The number of anilines is 1. The Bertz CT molecular complexity index is 1170. The van der Waals surface area contributed by atoms with Crippen LogP contribution in [0.25, 0.3) is 10.6 Å². The lowest BCUT2D eigenvalue weighted by molar-refractivity contribution is 0.0958. The van der Waals surface area contributed by atoms with E-state index in [1.807, 2.05) is 24.3 Å². The van der Waals surface area contributed by atoms with Gasteiger partial charge in [0, 0.05) is 29.3 Å². The SMILES string of the molecule is O=C(NCCc1ccc(Cl)cc1Cl)c1ccc(-c2ccnc(NCCC3C=CC=CC3)n2)s1. The van der Waals surface area contributed by atoms with E-state index in [1.165, 1.54) is 11.3 Å². The minimum atomic E-state index is -0.113. The molecule has 170 valence electrons. The van der Waals surface area contributed by atoms with Crippen molar-refractivity contribution >= 4 is 46.4 Å². The number of halogens is 2. The molecule has 2 heterocycles. The summed E-state index contributed by atoms with van der Waals surface area (Å²) in [6, 6.07) is 11.0. The van der Waals surface area contributed by atoms with Crippen LogP contribution in [-0.2, 0) is 6.42 Å². The molecule has 33 heavy (non-hydrogen) atoms. The van der Waals surface area contributed by atoms with Gasteiger partial charge < -0.3 is 10.6 Å². The van der Waals surface area contributed by atoms with Crippen molar-refractivity contribution in [3.8, 4) is 10.6 Å². The Hall–Kier alpha value is -2.67. The van der Waals surface area contributed by atoms with E-state index in [1.54, 1.807) is 18.3 Å². The Labute approximate surface area is 207 Å². The number of carbonyl (C=O) groups excluding carboxylic acids is 1. The summed E-state index contributed by atoms with van der Waals surface area (Å²) in [6.45, 7) is 1.29. The van der Waals surface area contributed by atoms with Crippen molar-refractivity contribution < 1.29 is 4.79 Å². The van der Waals surface area contributed by atoms with Crippen LogP contribution in [0.2, 0.25) is 10.0 Å². The molecule has 0 aliphatic heterocycles. The number of aromatic nitrogens is 2. The number of hydrogen-bond donors (Lipinski definition) is 2. The van der Waals surface area contributed by atoms with E-state index in [2.05, 4.69) is 44.9 Å². The number of carbonyl (C=O) groups is 1. The Morgan fingerprint density at radius 3 is 2.85 bits per heavy atom. The first-order valence-corrected chi connectivity index (χ1v) is 12.4. The Morgan fingerprint density at radius 2 is 2.03 bits per heavy atom. The van der Waals surface area contributed by atoms with Crippen LogP contribution in [-0.4, -0.2) is 29.0 Å². The lowest BCUT2D eigenvalue weighted by atomic mass is 9.97. The van der Waals surface area contributed by atoms with Crippen LogP contribution in [0.4, 0.5) is 5.95 Å². The van der Waals surface area contributed by atoms with Crippen molar-refractivity contribution in [3.63, 3.8) is 0 Å². The Morgan fingerprint density at radius 1 is 1.12 bits per heavy atom. The summed E-state index contributed by atoms with van der Waals surface area (Å²) in [5.41, 5.74) is 1.75. The Kier molecular flexibility index (Phi) is 8.15. The van der Waals surface area contributed by atoms with E-state index in [0.29, 0.717) is 39.8 Å². The molecule has 1 aromatic carbocycles. The molecule has 4 rings (SSSR count). The molecule has 0 fully saturated rings. The summed E-state index contributed by atoms with van der Waals surface area (Å²) >= 11 is 13.5. The maximum atomic E-state index is 12.6.